The Kier molecular flexibility index (Phi) is 5.14. The molecule has 2 nitrogen and oxygen atoms in total. The first kappa shape index (κ1) is 14.3. The minimum Gasteiger partial charge on any atom is -0.326 e. The molecule has 0 amide bonds. The molecule has 0 radical (unpaired) electrons. The average Bonchev–Trinajstić information content (AvgIpc) is 2.92. The van der Waals surface area contributed by atoms with Crippen molar-refractivity contribution in [3.63, 3.8) is 0 Å². The van der Waals surface area contributed by atoms with Crippen molar-refractivity contribution in [2.75, 3.05) is 6.54 Å². The van der Waals surface area contributed by atoms with E-state index in [1.54, 1.807) is 0 Å². The predicted molar refractivity (Wildman–Crippen MR) is 83.2 cm³/mol. The van der Waals surface area contributed by atoms with Gasteiger partial charge < -0.3 is 5.73 Å². The normalized spacial score (nSPS) is 11.2. The number of benzene rings is 1. The highest BCUT2D eigenvalue weighted by molar-refractivity contribution is 7.09. The monoisotopic (exact) mass is 274 g/mol. The van der Waals surface area contributed by atoms with Crippen LogP contribution in [0.5, 0.6) is 0 Å². The van der Waals surface area contributed by atoms with Gasteiger partial charge in [0.15, 0.2) is 0 Å². The first-order valence-electron chi connectivity index (χ1n) is 6.76. The summed E-state index contributed by atoms with van der Waals surface area (Å²) in [5.74, 6) is 0. The Labute approximate surface area is 119 Å². The van der Waals surface area contributed by atoms with Crippen LogP contribution in [0.2, 0.25) is 0 Å². The van der Waals surface area contributed by atoms with Crippen LogP contribution >= 0.6 is 11.3 Å². The third-order valence-corrected chi connectivity index (χ3v) is 4.30. The molecule has 0 spiro atoms. The number of hydrogen-bond donors (Lipinski definition) is 1. The van der Waals surface area contributed by atoms with Crippen molar-refractivity contribution in [3.8, 4) is 0 Å². The molecule has 0 aliphatic rings. The molecule has 0 aliphatic heterocycles. The molecule has 1 aromatic heterocycles. The quantitative estimate of drug-likeness (QED) is 0.873. The third-order valence-electron chi connectivity index (χ3n) is 3.44. The van der Waals surface area contributed by atoms with Crippen LogP contribution in [0.25, 0.3) is 0 Å². The van der Waals surface area contributed by atoms with E-state index in [-0.39, 0.29) is 0 Å². The van der Waals surface area contributed by atoms with Crippen molar-refractivity contribution in [2.45, 2.75) is 33.5 Å². The van der Waals surface area contributed by atoms with Gasteiger partial charge >= 0.3 is 0 Å². The topological polar surface area (TPSA) is 29.3 Å². The smallest absolute Gasteiger partial charge is 0.0331 e. The molecule has 0 unspecified atom stereocenters. The summed E-state index contributed by atoms with van der Waals surface area (Å²) >= 11 is 1.83. The largest absolute Gasteiger partial charge is 0.326 e. The molecule has 0 saturated carbocycles. The number of aryl methyl sites for hydroxylation is 1. The number of nitrogens with two attached hydrogens (primary N) is 1. The number of rotatable bonds is 6. The zero-order valence-electron chi connectivity index (χ0n) is 11.7. The van der Waals surface area contributed by atoms with Crippen LogP contribution in [-0.4, -0.2) is 11.4 Å². The van der Waals surface area contributed by atoms with E-state index in [1.807, 2.05) is 11.3 Å². The van der Waals surface area contributed by atoms with Gasteiger partial charge in [0.2, 0.25) is 0 Å². The molecule has 19 heavy (non-hydrogen) atoms. The average molecular weight is 274 g/mol. The Balaban J connectivity index is 2.05. The summed E-state index contributed by atoms with van der Waals surface area (Å²) in [5.41, 5.74) is 9.63. The lowest BCUT2D eigenvalue weighted by molar-refractivity contribution is 0.273. The summed E-state index contributed by atoms with van der Waals surface area (Å²) in [4.78, 5) is 3.90. The molecule has 2 N–H and O–H groups in total. The van der Waals surface area contributed by atoms with Gasteiger partial charge in [-0.3, -0.25) is 4.90 Å². The summed E-state index contributed by atoms with van der Waals surface area (Å²) in [5, 5.41) is 2.14. The molecule has 2 aromatic rings. The summed E-state index contributed by atoms with van der Waals surface area (Å²) < 4.78 is 0. The fraction of sp³-hybridized carbons (Fsp3) is 0.375. The maximum absolute atomic E-state index is 5.68. The molecular formula is C16H22N2S. The molecule has 0 saturated heterocycles. The lowest BCUT2D eigenvalue weighted by atomic mass is 10.0. The standard InChI is InChI=1S/C16H22N2S/c1-3-18(12-16-5-4-8-19-16)11-15-7-6-14(10-17)9-13(15)2/h4-9H,3,10-12,17H2,1-2H3. The number of nitrogens with zero attached hydrogens (tertiary/aromatic N) is 1. The zero-order chi connectivity index (χ0) is 13.7. The Morgan fingerprint density at radius 3 is 2.63 bits per heavy atom. The van der Waals surface area contributed by atoms with Gasteiger partial charge in [0.25, 0.3) is 0 Å². The SMILES string of the molecule is CCN(Cc1cccs1)Cc1ccc(CN)cc1C. The molecule has 3 heteroatoms. The van der Waals surface area contributed by atoms with E-state index in [9.17, 15) is 0 Å². The van der Waals surface area contributed by atoms with E-state index >= 15 is 0 Å². The van der Waals surface area contributed by atoms with Crippen LogP contribution in [0.15, 0.2) is 35.7 Å². The second kappa shape index (κ2) is 6.85. The van der Waals surface area contributed by atoms with Crippen LogP contribution in [-0.2, 0) is 19.6 Å². The summed E-state index contributed by atoms with van der Waals surface area (Å²) in [6, 6.07) is 10.9. The molecule has 2 rings (SSSR count). The molecule has 102 valence electrons. The summed E-state index contributed by atoms with van der Waals surface area (Å²) in [7, 11) is 0. The van der Waals surface area contributed by atoms with E-state index in [4.69, 9.17) is 5.73 Å². The van der Waals surface area contributed by atoms with Crippen molar-refractivity contribution in [1.82, 2.24) is 4.90 Å². The first-order valence-corrected chi connectivity index (χ1v) is 7.64. The minimum absolute atomic E-state index is 0.619. The first-order chi connectivity index (χ1) is 9.22. The lowest BCUT2D eigenvalue weighted by Crippen LogP contribution is -2.22. The fourth-order valence-electron chi connectivity index (χ4n) is 2.21. The van der Waals surface area contributed by atoms with E-state index < -0.39 is 0 Å². The molecule has 0 bridgehead atoms. The summed E-state index contributed by atoms with van der Waals surface area (Å²) in [6.45, 7) is 8.12. The predicted octanol–water partition coefficient (Wildman–Crippen LogP) is 3.54. The zero-order valence-corrected chi connectivity index (χ0v) is 12.5. The fourth-order valence-corrected chi connectivity index (χ4v) is 2.95. The van der Waals surface area contributed by atoms with Crippen LogP contribution in [0.3, 0.4) is 0 Å². The van der Waals surface area contributed by atoms with Gasteiger partial charge in [-0.25, -0.2) is 0 Å². The Hall–Kier alpha value is -1.16. The molecule has 1 aromatic carbocycles. The molecule has 0 aliphatic carbocycles. The highest BCUT2D eigenvalue weighted by Crippen LogP contribution is 2.17. The second-order valence-electron chi connectivity index (χ2n) is 4.85. The van der Waals surface area contributed by atoms with Crippen LogP contribution in [0.4, 0.5) is 0 Å². The van der Waals surface area contributed by atoms with Gasteiger partial charge in [-0.05, 0) is 41.6 Å². The van der Waals surface area contributed by atoms with Crippen LogP contribution in [0.1, 0.15) is 28.5 Å². The van der Waals surface area contributed by atoms with Gasteiger partial charge in [-0.1, -0.05) is 31.2 Å². The summed E-state index contributed by atoms with van der Waals surface area (Å²) in [6.07, 6.45) is 0. The molecule has 0 fully saturated rings. The second-order valence-corrected chi connectivity index (χ2v) is 5.88. The van der Waals surface area contributed by atoms with E-state index in [2.05, 4.69) is 54.5 Å². The highest BCUT2D eigenvalue weighted by Gasteiger charge is 2.08. The molecule has 0 atom stereocenters. The van der Waals surface area contributed by atoms with Crippen molar-refractivity contribution < 1.29 is 0 Å². The molecule has 1 heterocycles. The Morgan fingerprint density at radius 1 is 1.21 bits per heavy atom. The van der Waals surface area contributed by atoms with Gasteiger partial charge in [0.1, 0.15) is 0 Å². The van der Waals surface area contributed by atoms with Crippen molar-refractivity contribution in [3.05, 3.63) is 57.3 Å². The van der Waals surface area contributed by atoms with Gasteiger partial charge in [-0.2, -0.15) is 0 Å². The van der Waals surface area contributed by atoms with E-state index in [0.717, 1.165) is 19.6 Å². The lowest BCUT2D eigenvalue weighted by Gasteiger charge is -2.21. The maximum Gasteiger partial charge on any atom is 0.0331 e. The number of hydrogen-bond acceptors (Lipinski definition) is 3. The van der Waals surface area contributed by atoms with Crippen molar-refractivity contribution >= 4 is 11.3 Å². The van der Waals surface area contributed by atoms with Crippen LogP contribution in [0, 0.1) is 6.92 Å². The Morgan fingerprint density at radius 2 is 2.05 bits per heavy atom. The van der Waals surface area contributed by atoms with E-state index in [0.29, 0.717) is 6.54 Å². The van der Waals surface area contributed by atoms with Crippen molar-refractivity contribution in [2.24, 2.45) is 5.73 Å². The third kappa shape index (κ3) is 3.90. The van der Waals surface area contributed by atoms with E-state index in [1.165, 1.54) is 21.6 Å². The van der Waals surface area contributed by atoms with Crippen LogP contribution < -0.4 is 5.73 Å². The maximum atomic E-state index is 5.68. The molecular weight excluding hydrogens is 252 g/mol. The van der Waals surface area contributed by atoms with Gasteiger partial charge in [0.05, 0.1) is 0 Å². The number of thiophene rings is 1. The Bertz CT molecular complexity index is 505. The van der Waals surface area contributed by atoms with Gasteiger partial charge in [-0.15, -0.1) is 11.3 Å². The van der Waals surface area contributed by atoms with Crippen molar-refractivity contribution in [1.29, 1.82) is 0 Å². The minimum atomic E-state index is 0.619. The van der Waals surface area contributed by atoms with Gasteiger partial charge in [0, 0.05) is 24.5 Å². The highest BCUT2D eigenvalue weighted by atomic mass is 32.1.